The molecule has 2 saturated heterocycles. The Morgan fingerprint density at radius 2 is 2.04 bits per heavy atom. The number of fused-ring (bicyclic) bond motifs is 2. The van der Waals surface area contributed by atoms with Crippen molar-refractivity contribution in [2.45, 2.75) is 37.8 Å². The first kappa shape index (κ1) is 15.7. The van der Waals surface area contributed by atoms with E-state index in [4.69, 9.17) is 0 Å². The summed E-state index contributed by atoms with van der Waals surface area (Å²) in [5, 5.41) is 24.3. The standard InChI is InChI=1S/C19H19N5OS/c25-17-10-15(24-6-5-20-11-24)3-4-16(17)19-23-22-18(26-19)9-12-7-13-1-2-14(8-12)21-13/h3-6,9-11,13-14,21,25H,1-2,7-8H2/t13-,14?/m0/s1. The van der Waals surface area contributed by atoms with E-state index in [9.17, 15) is 5.11 Å². The van der Waals surface area contributed by atoms with Gasteiger partial charge in [0.05, 0.1) is 17.6 Å². The molecule has 2 atom stereocenters. The number of nitrogens with zero attached hydrogens (tertiary/aromatic N) is 4. The normalized spacial score (nSPS) is 23.6. The zero-order valence-electron chi connectivity index (χ0n) is 14.2. The molecule has 132 valence electrons. The van der Waals surface area contributed by atoms with Crippen molar-refractivity contribution in [2.75, 3.05) is 0 Å². The molecule has 2 fully saturated rings. The maximum atomic E-state index is 10.4. The van der Waals surface area contributed by atoms with Gasteiger partial charge < -0.3 is 15.0 Å². The molecule has 2 aliphatic heterocycles. The van der Waals surface area contributed by atoms with Crippen molar-refractivity contribution < 1.29 is 5.11 Å². The van der Waals surface area contributed by atoms with E-state index in [1.807, 2.05) is 22.9 Å². The molecule has 0 radical (unpaired) electrons. The van der Waals surface area contributed by atoms with E-state index in [1.54, 1.807) is 18.6 Å². The van der Waals surface area contributed by atoms with Crippen LogP contribution in [-0.4, -0.2) is 36.9 Å². The van der Waals surface area contributed by atoms with Gasteiger partial charge in [0.15, 0.2) is 5.01 Å². The molecule has 2 aliphatic rings. The molecule has 2 N–H and O–H groups in total. The molecule has 4 heterocycles. The van der Waals surface area contributed by atoms with Gasteiger partial charge >= 0.3 is 0 Å². The highest BCUT2D eigenvalue weighted by molar-refractivity contribution is 7.15. The highest BCUT2D eigenvalue weighted by atomic mass is 32.1. The van der Waals surface area contributed by atoms with E-state index in [2.05, 4.69) is 26.6 Å². The minimum atomic E-state index is 0.200. The van der Waals surface area contributed by atoms with Crippen molar-refractivity contribution in [1.82, 2.24) is 25.1 Å². The van der Waals surface area contributed by atoms with Crippen LogP contribution in [-0.2, 0) is 0 Å². The molecule has 1 aromatic carbocycles. The molecule has 1 unspecified atom stereocenters. The molecule has 0 saturated carbocycles. The average Bonchev–Trinajstić information content (AvgIpc) is 3.37. The Morgan fingerprint density at radius 1 is 1.19 bits per heavy atom. The third kappa shape index (κ3) is 2.93. The van der Waals surface area contributed by atoms with Crippen LogP contribution in [0.25, 0.3) is 22.3 Å². The van der Waals surface area contributed by atoms with E-state index < -0.39 is 0 Å². The Balaban J connectivity index is 1.40. The van der Waals surface area contributed by atoms with Crippen LogP contribution in [0.1, 0.15) is 30.7 Å². The lowest BCUT2D eigenvalue weighted by Crippen LogP contribution is -2.34. The number of phenolic OH excluding ortho intramolecular Hbond substituents is 1. The summed E-state index contributed by atoms with van der Waals surface area (Å²) >= 11 is 1.52. The number of rotatable bonds is 3. The molecule has 0 spiro atoms. The van der Waals surface area contributed by atoms with Crippen LogP contribution < -0.4 is 5.32 Å². The van der Waals surface area contributed by atoms with Crippen LogP contribution >= 0.6 is 11.3 Å². The Labute approximate surface area is 155 Å². The number of phenols is 1. The van der Waals surface area contributed by atoms with E-state index in [0.29, 0.717) is 17.6 Å². The lowest BCUT2D eigenvalue weighted by molar-refractivity contribution is 0.476. The molecule has 6 nitrogen and oxygen atoms in total. The largest absolute Gasteiger partial charge is 0.507 e. The molecule has 2 bridgehead atoms. The van der Waals surface area contributed by atoms with Crippen molar-refractivity contribution >= 4 is 17.4 Å². The number of hydrogen-bond donors (Lipinski definition) is 2. The van der Waals surface area contributed by atoms with Crippen LogP contribution in [0.5, 0.6) is 5.75 Å². The van der Waals surface area contributed by atoms with Gasteiger partial charge in [-0.1, -0.05) is 16.9 Å². The molecule has 0 amide bonds. The Kier molecular flexibility index (Phi) is 3.83. The first-order valence-electron chi connectivity index (χ1n) is 8.85. The van der Waals surface area contributed by atoms with Gasteiger partial charge in [0.25, 0.3) is 0 Å². The fraction of sp³-hybridized carbons (Fsp3) is 0.316. The van der Waals surface area contributed by atoms with Crippen LogP contribution in [0.2, 0.25) is 0 Å². The van der Waals surface area contributed by atoms with E-state index >= 15 is 0 Å². The third-order valence-corrected chi connectivity index (χ3v) is 6.04. The second kappa shape index (κ2) is 6.34. The number of benzene rings is 1. The van der Waals surface area contributed by atoms with Gasteiger partial charge in [-0.25, -0.2) is 4.98 Å². The van der Waals surface area contributed by atoms with Gasteiger partial charge in [-0.3, -0.25) is 0 Å². The molecule has 3 aromatic rings. The second-order valence-corrected chi connectivity index (χ2v) is 7.97. The number of nitrogens with one attached hydrogen (secondary N) is 1. The summed E-state index contributed by atoms with van der Waals surface area (Å²) in [5.41, 5.74) is 3.03. The molecular formula is C19H19N5OS. The Hall–Kier alpha value is -2.51. The molecule has 26 heavy (non-hydrogen) atoms. The molecule has 5 rings (SSSR count). The number of aromatic nitrogens is 4. The van der Waals surface area contributed by atoms with Crippen molar-refractivity contribution in [1.29, 1.82) is 0 Å². The average molecular weight is 365 g/mol. The summed E-state index contributed by atoms with van der Waals surface area (Å²) in [4.78, 5) is 4.03. The molecule has 0 aliphatic carbocycles. The quantitative estimate of drug-likeness (QED) is 0.744. The smallest absolute Gasteiger partial charge is 0.151 e. The maximum absolute atomic E-state index is 10.4. The Bertz CT molecular complexity index is 948. The minimum Gasteiger partial charge on any atom is -0.507 e. The predicted octanol–water partition coefficient (Wildman–Crippen LogP) is 3.39. The van der Waals surface area contributed by atoms with Gasteiger partial charge in [-0.2, -0.15) is 0 Å². The highest BCUT2D eigenvalue weighted by Gasteiger charge is 2.30. The van der Waals surface area contributed by atoms with Gasteiger partial charge in [0.2, 0.25) is 0 Å². The maximum Gasteiger partial charge on any atom is 0.151 e. The summed E-state index contributed by atoms with van der Waals surface area (Å²) in [6.45, 7) is 0. The third-order valence-electron chi connectivity index (χ3n) is 5.13. The second-order valence-electron chi connectivity index (χ2n) is 6.97. The summed E-state index contributed by atoms with van der Waals surface area (Å²) in [5.74, 6) is 0.200. The van der Waals surface area contributed by atoms with Crippen LogP contribution in [0.4, 0.5) is 0 Å². The van der Waals surface area contributed by atoms with Crippen molar-refractivity contribution in [3.8, 4) is 22.0 Å². The fourth-order valence-corrected chi connectivity index (χ4v) is 4.78. The van der Waals surface area contributed by atoms with Gasteiger partial charge in [-0.15, -0.1) is 10.2 Å². The van der Waals surface area contributed by atoms with E-state index in [1.165, 1.54) is 29.8 Å². The van der Waals surface area contributed by atoms with Crippen LogP contribution in [0.3, 0.4) is 0 Å². The van der Waals surface area contributed by atoms with Gasteiger partial charge in [0.1, 0.15) is 10.8 Å². The molecular weight excluding hydrogens is 346 g/mol. The zero-order valence-corrected chi connectivity index (χ0v) is 15.0. The first-order chi connectivity index (χ1) is 12.7. The summed E-state index contributed by atoms with van der Waals surface area (Å²) < 4.78 is 1.85. The highest BCUT2D eigenvalue weighted by Crippen LogP contribution is 2.35. The summed E-state index contributed by atoms with van der Waals surface area (Å²) in [6, 6.07) is 6.81. The van der Waals surface area contributed by atoms with E-state index in [-0.39, 0.29) is 5.75 Å². The summed E-state index contributed by atoms with van der Waals surface area (Å²) in [6.07, 6.45) is 12.2. The van der Waals surface area contributed by atoms with Crippen LogP contribution in [0.15, 0.2) is 42.5 Å². The fourth-order valence-electron chi connectivity index (χ4n) is 3.91. The van der Waals surface area contributed by atoms with Crippen molar-refractivity contribution in [2.24, 2.45) is 0 Å². The number of hydrogen-bond acceptors (Lipinski definition) is 6. The lowest BCUT2D eigenvalue weighted by Gasteiger charge is -2.23. The predicted molar refractivity (Wildman–Crippen MR) is 101 cm³/mol. The monoisotopic (exact) mass is 365 g/mol. The molecule has 7 heteroatoms. The summed E-state index contributed by atoms with van der Waals surface area (Å²) in [7, 11) is 0. The SMILES string of the molecule is Oc1cc(-n2ccnc2)ccc1-c1nnc(C=C2CC3CC[C@@H](C2)N3)s1. The number of aromatic hydroxyl groups is 1. The van der Waals surface area contributed by atoms with E-state index in [0.717, 1.165) is 28.5 Å². The number of imidazole rings is 1. The Morgan fingerprint density at radius 3 is 2.77 bits per heavy atom. The first-order valence-corrected chi connectivity index (χ1v) is 9.67. The zero-order chi connectivity index (χ0) is 17.5. The van der Waals surface area contributed by atoms with Crippen LogP contribution in [0, 0.1) is 0 Å². The number of piperidine rings is 1. The van der Waals surface area contributed by atoms with Gasteiger partial charge in [0, 0.05) is 30.5 Å². The van der Waals surface area contributed by atoms with Crippen molar-refractivity contribution in [3.63, 3.8) is 0 Å². The minimum absolute atomic E-state index is 0.200. The topological polar surface area (TPSA) is 75.9 Å². The van der Waals surface area contributed by atoms with Gasteiger partial charge in [-0.05, 0) is 43.9 Å². The lowest BCUT2D eigenvalue weighted by atomic mass is 9.99. The molecule has 2 aromatic heterocycles. The van der Waals surface area contributed by atoms with Crippen molar-refractivity contribution in [3.05, 3.63) is 47.5 Å².